The highest BCUT2D eigenvalue weighted by atomic mass is 16.3. The van der Waals surface area contributed by atoms with Gasteiger partial charge in [0.05, 0.1) is 5.52 Å². The average Bonchev–Trinajstić information content (AvgIpc) is 2.30. The molecule has 2 heterocycles. The zero-order chi connectivity index (χ0) is 12.0. The normalized spacial score (nSPS) is 16.1. The molecule has 17 heavy (non-hydrogen) atoms. The number of nitrogen functional groups attached to an aromatic ring is 1. The van der Waals surface area contributed by atoms with Crippen LogP contribution in [0.15, 0.2) is 18.2 Å². The molecule has 3 N–H and O–H groups in total. The molecule has 3 rings (SSSR count). The van der Waals surface area contributed by atoms with Crippen LogP contribution in [0.4, 0.5) is 5.69 Å². The Morgan fingerprint density at radius 2 is 2.24 bits per heavy atom. The van der Waals surface area contributed by atoms with Crippen LogP contribution in [0.1, 0.15) is 11.3 Å². The Morgan fingerprint density at radius 1 is 1.41 bits per heavy atom. The molecule has 0 unspecified atom stereocenters. The second-order valence-electron chi connectivity index (χ2n) is 4.64. The van der Waals surface area contributed by atoms with E-state index in [1.165, 1.54) is 0 Å². The highest BCUT2D eigenvalue weighted by Gasteiger charge is 2.19. The first-order valence-electron chi connectivity index (χ1n) is 5.73. The number of phenols is 1. The van der Waals surface area contributed by atoms with Gasteiger partial charge in [-0.15, -0.1) is 0 Å². The van der Waals surface area contributed by atoms with Crippen molar-refractivity contribution in [3.05, 3.63) is 29.5 Å². The number of rotatable bonds is 0. The van der Waals surface area contributed by atoms with Gasteiger partial charge in [-0.1, -0.05) is 0 Å². The number of nitrogens with zero attached hydrogens (tertiary/aromatic N) is 2. The first kappa shape index (κ1) is 10.4. The van der Waals surface area contributed by atoms with Gasteiger partial charge >= 0.3 is 0 Å². The highest BCUT2D eigenvalue weighted by Crippen LogP contribution is 2.31. The van der Waals surface area contributed by atoms with E-state index < -0.39 is 0 Å². The summed E-state index contributed by atoms with van der Waals surface area (Å²) in [5.41, 5.74) is 9.99. The second kappa shape index (κ2) is 3.60. The van der Waals surface area contributed by atoms with Gasteiger partial charge in [0.15, 0.2) is 0 Å². The predicted octanol–water partition coefficient (Wildman–Crippen LogP) is 1.51. The van der Waals surface area contributed by atoms with Crippen LogP contribution in [0.25, 0.3) is 10.9 Å². The average molecular weight is 229 g/mol. The van der Waals surface area contributed by atoms with Gasteiger partial charge in [0, 0.05) is 47.9 Å². The zero-order valence-corrected chi connectivity index (χ0v) is 9.77. The predicted molar refractivity (Wildman–Crippen MR) is 67.9 cm³/mol. The Hall–Kier alpha value is -1.81. The molecule has 0 spiro atoms. The third-order valence-electron chi connectivity index (χ3n) is 3.36. The van der Waals surface area contributed by atoms with Gasteiger partial charge in [-0.25, -0.2) is 0 Å². The van der Waals surface area contributed by atoms with Crippen LogP contribution in [0, 0.1) is 0 Å². The van der Waals surface area contributed by atoms with Crippen LogP contribution in [-0.2, 0) is 13.0 Å². The third kappa shape index (κ3) is 1.61. The first-order valence-corrected chi connectivity index (χ1v) is 5.73. The maximum absolute atomic E-state index is 9.48. The van der Waals surface area contributed by atoms with Crippen LogP contribution in [0.2, 0.25) is 0 Å². The minimum Gasteiger partial charge on any atom is -0.508 e. The molecule has 1 aliphatic heterocycles. The fourth-order valence-corrected chi connectivity index (χ4v) is 2.40. The van der Waals surface area contributed by atoms with E-state index >= 15 is 0 Å². The highest BCUT2D eigenvalue weighted by molar-refractivity contribution is 5.93. The van der Waals surface area contributed by atoms with Crippen LogP contribution >= 0.6 is 0 Å². The van der Waals surface area contributed by atoms with Crippen molar-refractivity contribution < 1.29 is 5.11 Å². The summed E-state index contributed by atoms with van der Waals surface area (Å²) in [6, 6.07) is 5.16. The lowest BCUT2D eigenvalue weighted by atomic mass is 10.0. The van der Waals surface area contributed by atoms with Crippen LogP contribution in [0.3, 0.4) is 0 Å². The molecule has 0 amide bonds. The number of aromatic nitrogens is 1. The fourth-order valence-electron chi connectivity index (χ4n) is 2.40. The van der Waals surface area contributed by atoms with Gasteiger partial charge in [-0.05, 0) is 19.2 Å². The number of nitrogens with two attached hydrogens (primary N) is 1. The number of benzene rings is 1. The Bertz CT molecular complexity index is 595. The van der Waals surface area contributed by atoms with E-state index in [2.05, 4.69) is 16.9 Å². The summed E-state index contributed by atoms with van der Waals surface area (Å²) in [5, 5.41) is 10.4. The molecular weight excluding hydrogens is 214 g/mol. The van der Waals surface area contributed by atoms with Crippen LogP contribution < -0.4 is 5.73 Å². The Balaban J connectivity index is 2.28. The van der Waals surface area contributed by atoms with E-state index in [0.29, 0.717) is 0 Å². The van der Waals surface area contributed by atoms with E-state index in [1.54, 1.807) is 12.1 Å². The van der Waals surface area contributed by atoms with Crippen molar-refractivity contribution in [2.24, 2.45) is 0 Å². The first-order chi connectivity index (χ1) is 8.15. The molecule has 0 fully saturated rings. The smallest absolute Gasteiger partial charge is 0.117 e. The van der Waals surface area contributed by atoms with E-state index in [9.17, 15) is 5.11 Å². The van der Waals surface area contributed by atoms with Gasteiger partial charge in [0.25, 0.3) is 0 Å². The summed E-state index contributed by atoms with van der Waals surface area (Å²) < 4.78 is 0. The monoisotopic (exact) mass is 229 g/mol. The standard InChI is InChI=1S/C13H15N3O/c1-16-5-4-11-10(7-16)13(14)9-3-2-8(17)6-12(9)15-11/h2-3,6,17H,4-5,7H2,1H3,(H2,14,15). The van der Waals surface area contributed by atoms with Crippen molar-refractivity contribution in [3.8, 4) is 5.75 Å². The minimum absolute atomic E-state index is 0.234. The molecular formula is C13H15N3O. The van der Waals surface area contributed by atoms with E-state index in [0.717, 1.165) is 47.4 Å². The maximum atomic E-state index is 9.48. The van der Waals surface area contributed by atoms with Crippen molar-refractivity contribution in [3.63, 3.8) is 0 Å². The molecule has 0 saturated carbocycles. The second-order valence-corrected chi connectivity index (χ2v) is 4.64. The van der Waals surface area contributed by atoms with Crippen molar-refractivity contribution in [2.45, 2.75) is 13.0 Å². The Labute approximate surface area is 99.7 Å². The van der Waals surface area contributed by atoms with Crippen LogP contribution in [0.5, 0.6) is 5.75 Å². The van der Waals surface area contributed by atoms with Gasteiger partial charge in [0.1, 0.15) is 5.75 Å². The topological polar surface area (TPSA) is 62.4 Å². The Morgan fingerprint density at radius 3 is 3.06 bits per heavy atom. The molecule has 0 atom stereocenters. The minimum atomic E-state index is 0.234. The lowest BCUT2D eigenvalue weighted by Crippen LogP contribution is -2.28. The van der Waals surface area contributed by atoms with Crippen LogP contribution in [-0.4, -0.2) is 28.6 Å². The number of fused-ring (bicyclic) bond motifs is 2. The number of hydrogen-bond donors (Lipinski definition) is 2. The number of likely N-dealkylation sites (N-methyl/N-ethyl adjacent to an activating group) is 1. The summed E-state index contributed by atoms with van der Waals surface area (Å²) in [5.74, 6) is 0.234. The fraction of sp³-hybridized carbons (Fsp3) is 0.308. The maximum Gasteiger partial charge on any atom is 0.117 e. The molecule has 1 aliphatic rings. The van der Waals surface area contributed by atoms with Gasteiger partial charge in [-0.2, -0.15) is 0 Å². The molecule has 4 nitrogen and oxygen atoms in total. The zero-order valence-electron chi connectivity index (χ0n) is 9.77. The largest absolute Gasteiger partial charge is 0.508 e. The summed E-state index contributed by atoms with van der Waals surface area (Å²) in [7, 11) is 2.09. The summed E-state index contributed by atoms with van der Waals surface area (Å²) in [4.78, 5) is 6.85. The summed E-state index contributed by atoms with van der Waals surface area (Å²) in [6.45, 7) is 1.86. The number of aromatic hydroxyl groups is 1. The lowest BCUT2D eigenvalue weighted by Gasteiger charge is -2.26. The molecule has 4 heteroatoms. The number of hydrogen-bond acceptors (Lipinski definition) is 4. The molecule has 1 aromatic carbocycles. The molecule has 88 valence electrons. The van der Waals surface area contributed by atoms with Crippen molar-refractivity contribution in [2.75, 3.05) is 19.3 Å². The van der Waals surface area contributed by atoms with Gasteiger partial charge in [-0.3, -0.25) is 4.98 Å². The molecule has 0 bridgehead atoms. The van der Waals surface area contributed by atoms with E-state index in [4.69, 9.17) is 5.73 Å². The van der Waals surface area contributed by atoms with Crippen molar-refractivity contribution in [1.82, 2.24) is 9.88 Å². The quantitative estimate of drug-likeness (QED) is 0.718. The third-order valence-corrected chi connectivity index (χ3v) is 3.36. The SMILES string of the molecule is CN1CCc2nc3cc(O)ccc3c(N)c2C1. The van der Waals surface area contributed by atoms with E-state index in [1.807, 2.05) is 6.07 Å². The molecule has 2 aromatic rings. The number of anilines is 1. The van der Waals surface area contributed by atoms with Gasteiger partial charge < -0.3 is 15.7 Å². The number of phenolic OH excluding ortho intramolecular Hbond substituents is 1. The summed E-state index contributed by atoms with van der Waals surface area (Å²) >= 11 is 0. The van der Waals surface area contributed by atoms with E-state index in [-0.39, 0.29) is 5.75 Å². The molecule has 0 saturated heterocycles. The Kier molecular flexibility index (Phi) is 2.19. The summed E-state index contributed by atoms with van der Waals surface area (Å²) in [6.07, 6.45) is 0.918. The molecule has 0 radical (unpaired) electrons. The molecule has 0 aliphatic carbocycles. The molecule has 1 aromatic heterocycles. The lowest BCUT2D eigenvalue weighted by molar-refractivity contribution is 0.311. The number of pyridine rings is 1. The van der Waals surface area contributed by atoms with Crippen molar-refractivity contribution in [1.29, 1.82) is 0 Å². The van der Waals surface area contributed by atoms with Crippen molar-refractivity contribution >= 4 is 16.6 Å². The van der Waals surface area contributed by atoms with Gasteiger partial charge in [0.2, 0.25) is 0 Å².